The smallest absolute Gasteiger partial charge is 0.00625 e. The summed E-state index contributed by atoms with van der Waals surface area (Å²) in [4.78, 5) is 0. The van der Waals surface area contributed by atoms with Crippen molar-refractivity contribution in [2.24, 2.45) is 5.92 Å². The molecule has 1 saturated carbocycles. The first-order valence-corrected chi connectivity index (χ1v) is 2.71. The molecular formula is C6H11N. The molecule has 0 amide bonds. The number of rotatable bonds is 2. The van der Waals surface area contributed by atoms with E-state index in [0.29, 0.717) is 0 Å². The van der Waals surface area contributed by atoms with Crippen molar-refractivity contribution in [3.63, 3.8) is 0 Å². The van der Waals surface area contributed by atoms with Crippen molar-refractivity contribution in [1.29, 1.82) is 0 Å². The first kappa shape index (κ1) is 4.69. The van der Waals surface area contributed by atoms with Gasteiger partial charge in [0.15, 0.2) is 0 Å². The summed E-state index contributed by atoms with van der Waals surface area (Å²) in [5, 5.41) is 3.03. The Morgan fingerprint density at radius 3 is 2.43 bits per heavy atom. The molecule has 0 aromatic heterocycles. The van der Waals surface area contributed by atoms with Gasteiger partial charge in [0.05, 0.1) is 0 Å². The van der Waals surface area contributed by atoms with Crippen molar-refractivity contribution in [2.75, 3.05) is 7.05 Å². The van der Waals surface area contributed by atoms with Gasteiger partial charge in [-0.2, -0.15) is 0 Å². The fourth-order valence-electron chi connectivity index (χ4n) is 0.636. The molecule has 1 rings (SSSR count). The summed E-state index contributed by atoms with van der Waals surface area (Å²) in [5.74, 6) is 0.810. The Kier molecular flexibility index (Phi) is 1.05. The van der Waals surface area contributed by atoms with Gasteiger partial charge in [-0.3, -0.25) is 0 Å². The Balaban J connectivity index is 2.24. The number of nitrogens with one attached hydrogen (secondary N) is 1. The van der Waals surface area contributed by atoms with E-state index in [0.717, 1.165) is 5.92 Å². The fourth-order valence-corrected chi connectivity index (χ4v) is 0.636. The quantitative estimate of drug-likeness (QED) is 0.544. The van der Waals surface area contributed by atoms with Gasteiger partial charge >= 0.3 is 0 Å². The van der Waals surface area contributed by atoms with Crippen LogP contribution in [0.2, 0.25) is 0 Å². The highest BCUT2D eigenvalue weighted by Crippen LogP contribution is 2.33. The van der Waals surface area contributed by atoms with E-state index in [1.165, 1.54) is 18.5 Å². The lowest BCUT2D eigenvalue weighted by Crippen LogP contribution is -2.04. The van der Waals surface area contributed by atoms with Gasteiger partial charge in [0.25, 0.3) is 0 Å². The average molecular weight is 97.2 g/mol. The molecular weight excluding hydrogens is 86.1 g/mol. The van der Waals surface area contributed by atoms with Crippen molar-refractivity contribution in [2.45, 2.75) is 12.8 Å². The molecule has 0 bridgehead atoms. The van der Waals surface area contributed by atoms with Crippen molar-refractivity contribution >= 4 is 0 Å². The molecule has 1 heteroatoms. The minimum Gasteiger partial charge on any atom is -0.392 e. The second kappa shape index (κ2) is 1.57. The predicted molar refractivity (Wildman–Crippen MR) is 30.9 cm³/mol. The van der Waals surface area contributed by atoms with Gasteiger partial charge in [0.1, 0.15) is 0 Å². The van der Waals surface area contributed by atoms with Crippen LogP contribution in [-0.4, -0.2) is 7.05 Å². The van der Waals surface area contributed by atoms with E-state index in [9.17, 15) is 0 Å². The van der Waals surface area contributed by atoms with E-state index < -0.39 is 0 Å². The summed E-state index contributed by atoms with van der Waals surface area (Å²) in [6, 6.07) is 0. The second-order valence-corrected chi connectivity index (χ2v) is 2.05. The van der Waals surface area contributed by atoms with Gasteiger partial charge in [-0.1, -0.05) is 6.58 Å². The van der Waals surface area contributed by atoms with E-state index in [1.54, 1.807) is 0 Å². The first-order chi connectivity index (χ1) is 3.34. The van der Waals surface area contributed by atoms with Crippen LogP contribution >= 0.6 is 0 Å². The van der Waals surface area contributed by atoms with E-state index >= 15 is 0 Å². The highest BCUT2D eigenvalue weighted by molar-refractivity contribution is 5.03. The zero-order valence-electron chi connectivity index (χ0n) is 4.70. The summed E-state index contributed by atoms with van der Waals surface area (Å²) < 4.78 is 0. The molecule has 0 aliphatic heterocycles. The Labute approximate surface area is 44.4 Å². The number of allylic oxidation sites excluding steroid dienone is 1. The molecule has 0 saturated heterocycles. The SMILES string of the molecule is C=C(NC)C1CC1. The van der Waals surface area contributed by atoms with Crippen LogP contribution in [0.25, 0.3) is 0 Å². The molecule has 1 nitrogen and oxygen atoms in total. The highest BCUT2D eigenvalue weighted by atomic mass is 14.8. The Bertz CT molecular complexity index is 82.2. The van der Waals surface area contributed by atoms with Crippen LogP contribution in [0.1, 0.15) is 12.8 Å². The maximum absolute atomic E-state index is 3.82. The zero-order chi connectivity index (χ0) is 5.28. The highest BCUT2D eigenvalue weighted by Gasteiger charge is 2.23. The number of hydrogen-bond acceptors (Lipinski definition) is 1. The van der Waals surface area contributed by atoms with Gasteiger partial charge in [0, 0.05) is 12.7 Å². The van der Waals surface area contributed by atoms with Crippen molar-refractivity contribution < 1.29 is 0 Å². The lowest BCUT2D eigenvalue weighted by atomic mass is 10.3. The molecule has 0 spiro atoms. The van der Waals surface area contributed by atoms with Crippen LogP contribution in [0.5, 0.6) is 0 Å². The van der Waals surface area contributed by atoms with Gasteiger partial charge < -0.3 is 5.32 Å². The van der Waals surface area contributed by atoms with Crippen molar-refractivity contribution in [1.82, 2.24) is 5.32 Å². The van der Waals surface area contributed by atoms with Crippen LogP contribution in [0, 0.1) is 5.92 Å². The lowest BCUT2D eigenvalue weighted by Gasteiger charge is -1.97. The standard InChI is InChI=1S/C6H11N/c1-5(7-2)6-3-4-6/h6-7H,1,3-4H2,2H3. The Morgan fingerprint density at radius 1 is 1.71 bits per heavy atom. The minimum absolute atomic E-state index is 0.810. The van der Waals surface area contributed by atoms with Gasteiger partial charge in [-0.15, -0.1) is 0 Å². The van der Waals surface area contributed by atoms with E-state index in [1.807, 2.05) is 7.05 Å². The molecule has 0 aromatic carbocycles. The third kappa shape index (κ3) is 0.952. The molecule has 1 aliphatic carbocycles. The van der Waals surface area contributed by atoms with Gasteiger partial charge in [0.2, 0.25) is 0 Å². The summed E-state index contributed by atoms with van der Waals surface area (Å²) in [6.07, 6.45) is 2.69. The zero-order valence-corrected chi connectivity index (χ0v) is 4.70. The predicted octanol–water partition coefficient (Wildman–Crippen LogP) is 1.13. The Morgan fingerprint density at radius 2 is 2.29 bits per heavy atom. The van der Waals surface area contributed by atoms with Crippen LogP contribution in [-0.2, 0) is 0 Å². The monoisotopic (exact) mass is 97.1 g/mol. The maximum atomic E-state index is 3.82. The second-order valence-electron chi connectivity index (χ2n) is 2.05. The van der Waals surface area contributed by atoms with Crippen LogP contribution in [0.3, 0.4) is 0 Å². The largest absolute Gasteiger partial charge is 0.392 e. The summed E-state index contributed by atoms with van der Waals surface area (Å²) in [5.41, 5.74) is 1.21. The third-order valence-corrected chi connectivity index (χ3v) is 1.39. The van der Waals surface area contributed by atoms with Crippen molar-refractivity contribution in [3.8, 4) is 0 Å². The van der Waals surface area contributed by atoms with E-state index in [-0.39, 0.29) is 0 Å². The summed E-state index contributed by atoms with van der Waals surface area (Å²) >= 11 is 0. The average Bonchev–Trinajstić information content (AvgIpc) is 2.44. The normalized spacial score (nSPS) is 19.0. The topological polar surface area (TPSA) is 12.0 Å². The number of hydrogen-bond donors (Lipinski definition) is 1. The molecule has 0 heterocycles. The molecule has 0 aromatic rings. The third-order valence-electron chi connectivity index (χ3n) is 1.39. The molecule has 1 fully saturated rings. The molecule has 1 aliphatic rings. The Hall–Kier alpha value is -0.460. The van der Waals surface area contributed by atoms with Gasteiger partial charge in [-0.05, 0) is 18.8 Å². The molecule has 0 atom stereocenters. The van der Waals surface area contributed by atoms with E-state index in [2.05, 4.69) is 11.9 Å². The van der Waals surface area contributed by atoms with Crippen molar-refractivity contribution in [3.05, 3.63) is 12.3 Å². The van der Waals surface area contributed by atoms with Crippen LogP contribution in [0.4, 0.5) is 0 Å². The molecule has 0 unspecified atom stereocenters. The lowest BCUT2D eigenvalue weighted by molar-refractivity contribution is 0.854. The summed E-state index contributed by atoms with van der Waals surface area (Å²) in [7, 11) is 1.93. The van der Waals surface area contributed by atoms with E-state index in [4.69, 9.17) is 0 Å². The summed E-state index contributed by atoms with van der Waals surface area (Å²) in [6.45, 7) is 3.82. The fraction of sp³-hybridized carbons (Fsp3) is 0.667. The molecule has 40 valence electrons. The van der Waals surface area contributed by atoms with Crippen LogP contribution in [0.15, 0.2) is 12.3 Å². The van der Waals surface area contributed by atoms with Crippen LogP contribution < -0.4 is 5.32 Å². The molecule has 0 radical (unpaired) electrons. The maximum Gasteiger partial charge on any atom is 0.00625 e. The minimum atomic E-state index is 0.810. The molecule has 7 heavy (non-hydrogen) atoms. The first-order valence-electron chi connectivity index (χ1n) is 2.71. The molecule has 1 N–H and O–H groups in total. The van der Waals surface area contributed by atoms with Gasteiger partial charge in [-0.25, -0.2) is 0 Å².